The Morgan fingerprint density at radius 2 is 1.69 bits per heavy atom. The van der Waals surface area contributed by atoms with E-state index in [-0.39, 0.29) is 10.8 Å². The van der Waals surface area contributed by atoms with Crippen molar-refractivity contribution in [3.63, 3.8) is 0 Å². The minimum atomic E-state index is -3.77. The predicted octanol–water partition coefficient (Wildman–Crippen LogP) is 4.12. The van der Waals surface area contributed by atoms with Gasteiger partial charge in [0.1, 0.15) is 5.58 Å². The topological polar surface area (TPSA) is 76.4 Å². The van der Waals surface area contributed by atoms with Crippen molar-refractivity contribution in [2.75, 3.05) is 0 Å². The van der Waals surface area contributed by atoms with E-state index in [1.54, 1.807) is 18.2 Å². The summed E-state index contributed by atoms with van der Waals surface area (Å²) in [5.41, 5.74) is 0.697. The van der Waals surface area contributed by atoms with Gasteiger partial charge in [-0.25, -0.2) is 17.9 Å². The molecule has 0 fully saturated rings. The number of nitrogens with one attached hydrogen (secondary N) is 1. The maximum absolute atomic E-state index is 12.9. The van der Waals surface area contributed by atoms with Crippen LogP contribution in [-0.4, -0.2) is 8.42 Å². The van der Waals surface area contributed by atoms with Gasteiger partial charge in [-0.05, 0) is 47.9 Å². The molecule has 0 saturated heterocycles. The van der Waals surface area contributed by atoms with Crippen molar-refractivity contribution in [1.82, 2.24) is 4.72 Å². The molecule has 0 saturated carbocycles. The first-order valence-corrected chi connectivity index (χ1v) is 9.94. The van der Waals surface area contributed by atoms with Gasteiger partial charge in [-0.2, -0.15) is 0 Å². The molecule has 1 atom stereocenters. The molecule has 2 aromatic carbocycles. The highest BCUT2D eigenvalue weighted by atomic mass is 35.5. The van der Waals surface area contributed by atoms with E-state index in [2.05, 4.69) is 4.72 Å². The average molecular weight is 392 g/mol. The second-order valence-electron chi connectivity index (χ2n) is 6.35. The molecule has 0 amide bonds. The van der Waals surface area contributed by atoms with E-state index in [0.29, 0.717) is 16.0 Å². The molecule has 1 heterocycles. The van der Waals surface area contributed by atoms with Crippen LogP contribution >= 0.6 is 11.6 Å². The molecule has 0 spiro atoms. The number of hydrogen-bond acceptors (Lipinski definition) is 4. The third-order valence-corrected chi connectivity index (χ3v) is 5.77. The molecule has 1 aromatic heterocycles. The number of hydrogen-bond donors (Lipinski definition) is 1. The fourth-order valence-electron chi connectivity index (χ4n) is 2.71. The van der Waals surface area contributed by atoms with E-state index in [1.165, 1.54) is 24.3 Å². The summed E-state index contributed by atoms with van der Waals surface area (Å²) in [4.78, 5) is 11.4. The van der Waals surface area contributed by atoms with Crippen LogP contribution in [0.5, 0.6) is 0 Å². The molecule has 0 bridgehead atoms. The molecule has 0 radical (unpaired) electrons. The van der Waals surface area contributed by atoms with Crippen molar-refractivity contribution in [2.45, 2.75) is 24.8 Å². The second-order valence-corrected chi connectivity index (χ2v) is 8.50. The van der Waals surface area contributed by atoms with Crippen LogP contribution in [0.1, 0.15) is 25.5 Å². The normalized spacial score (nSPS) is 13.2. The maximum atomic E-state index is 12.9. The first-order chi connectivity index (χ1) is 12.3. The second kappa shape index (κ2) is 7.23. The minimum Gasteiger partial charge on any atom is -0.423 e. The smallest absolute Gasteiger partial charge is 0.336 e. The molecule has 3 rings (SSSR count). The molecular weight excluding hydrogens is 374 g/mol. The van der Waals surface area contributed by atoms with Gasteiger partial charge >= 0.3 is 5.63 Å². The minimum absolute atomic E-state index is 0.0319. The lowest BCUT2D eigenvalue weighted by atomic mass is 9.97. The molecule has 0 aliphatic rings. The van der Waals surface area contributed by atoms with Crippen molar-refractivity contribution in [1.29, 1.82) is 0 Å². The predicted molar refractivity (Wildman–Crippen MR) is 102 cm³/mol. The van der Waals surface area contributed by atoms with Gasteiger partial charge < -0.3 is 4.42 Å². The standard InChI is InChI=1S/C19H18ClNO4S/c1-12(2)19(13-3-6-15(20)7-4-13)21-26(23,24)16-8-9-17-14(11-16)5-10-18(22)25-17/h3-12,19,21H,1-2H3/t19-/m1/s1. The van der Waals surface area contributed by atoms with E-state index in [0.717, 1.165) is 5.56 Å². The zero-order valence-electron chi connectivity index (χ0n) is 14.3. The Kier molecular flexibility index (Phi) is 5.18. The van der Waals surface area contributed by atoms with E-state index < -0.39 is 21.7 Å². The Labute approximate surface area is 156 Å². The van der Waals surface area contributed by atoms with Crippen molar-refractivity contribution in [2.24, 2.45) is 5.92 Å². The van der Waals surface area contributed by atoms with Crippen molar-refractivity contribution in [3.05, 3.63) is 75.6 Å². The monoisotopic (exact) mass is 391 g/mol. The number of sulfonamides is 1. The summed E-state index contributed by atoms with van der Waals surface area (Å²) in [6.45, 7) is 3.88. The maximum Gasteiger partial charge on any atom is 0.336 e. The molecule has 1 N–H and O–H groups in total. The third kappa shape index (κ3) is 3.98. The Bertz CT molecular complexity index is 1090. The van der Waals surface area contributed by atoms with Gasteiger partial charge in [0.05, 0.1) is 4.90 Å². The average Bonchev–Trinajstić information content (AvgIpc) is 2.60. The lowest BCUT2D eigenvalue weighted by molar-refractivity contribution is 0.463. The SMILES string of the molecule is CC(C)[C@@H](NS(=O)(=O)c1ccc2oc(=O)ccc2c1)c1ccc(Cl)cc1. The molecule has 136 valence electrons. The van der Waals surface area contributed by atoms with Gasteiger partial charge in [-0.1, -0.05) is 37.6 Å². The van der Waals surface area contributed by atoms with Crippen LogP contribution in [0.4, 0.5) is 0 Å². The molecule has 7 heteroatoms. The van der Waals surface area contributed by atoms with Crippen LogP contribution < -0.4 is 10.3 Å². The van der Waals surface area contributed by atoms with E-state index in [9.17, 15) is 13.2 Å². The quantitative estimate of drug-likeness (QED) is 0.663. The highest BCUT2D eigenvalue weighted by molar-refractivity contribution is 7.89. The van der Waals surface area contributed by atoms with E-state index in [4.69, 9.17) is 16.0 Å². The molecular formula is C19H18ClNO4S. The molecule has 0 aliphatic heterocycles. The summed E-state index contributed by atoms with van der Waals surface area (Å²) >= 11 is 5.92. The van der Waals surface area contributed by atoms with Crippen LogP contribution in [0.15, 0.2) is 68.7 Å². The Morgan fingerprint density at radius 1 is 1.00 bits per heavy atom. The molecule has 0 aliphatic carbocycles. The highest BCUT2D eigenvalue weighted by Crippen LogP contribution is 2.26. The van der Waals surface area contributed by atoms with Gasteiger partial charge in [0, 0.05) is 22.5 Å². The van der Waals surface area contributed by atoms with E-state index >= 15 is 0 Å². The summed E-state index contributed by atoms with van der Waals surface area (Å²) in [6.07, 6.45) is 0. The van der Waals surface area contributed by atoms with Crippen molar-refractivity contribution in [3.8, 4) is 0 Å². The number of rotatable bonds is 5. The van der Waals surface area contributed by atoms with Crippen LogP contribution in [-0.2, 0) is 10.0 Å². The highest BCUT2D eigenvalue weighted by Gasteiger charge is 2.24. The van der Waals surface area contributed by atoms with Crippen molar-refractivity contribution >= 4 is 32.6 Å². The lowest BCUT2D eigenvalue weighted by Crippen LogP contribution is -2.31. The van der Waals surface area contributed by atoms with E-state index in [1.807, 2.05) is 26.0 Å². The lowest BCUT2D eigenvalue weighted by Gasteiger charge is -2.23. The van der Waals surface area contributed by atoms with Gasteiger partial charge in [-0.3, -0.25) is 0 Å². The Balaban J connectivity index is 1.97. The van der Waals surface area contributed by atoms with Crippen LogP contribution in [0.25, 0.3) is 11.0 Å². The Morgan fingerprint density at radius 3 is 2.35 bits per heavy atom. The largest absolute Gasteiger partial charge is 0.423 e. The summed E-state index contributed by atoms with van der Waals surface area (Å²) < 4.78 is 33.5. The third-order valence-electron chi connectivity index (χ3n) is 4.08. The van der Waals surface area contributed by atoms with Gasteiger partial charge in [0.25, 0.3) is 0 Å². The zero-order valence-corrected chi connectivity index (χ0v) is 15.8. The summed E-state index contributed by atoms with van der Waals surface area (Å²) in [6, 6.07) is 13.9. The van der Waals surface area contributed by atoms with Crippen LogP contribution in [0.2, 0.25) is 5.02 Å². The first kappa shape index (κ1) is 18.6. The fraction of sp³-hybridized carbons (Fsp3) is 0.211. The molecule has 26 heavy (non-hydrogen) atoms. The van der Waals surface area contributed by atoms with Crippen LogP contribution in [0, 0.1) is 5.92 Å². The first-order valence-electron chi connectivity index (χ1n) is 8.08. The molecule has 5 nitrogen and oxygen atoms in total. The number of benzene rings is 2. The van der Waals surface area contributed by atoms with Gasteiger partial charge in [0.15, 0.2) is 0 Å². The zero-order chi connectivity index (χ0) is 18.9. The summed E-state index contributed by atoms with van der Waals surface area (Å²) in [7, 11) is -3.77. The van der Waals surface area contributed by atoms with Crippen molar-refractivity contribution < 1.29 is 12.8 Å². The molecule has 0 unspecified atom stereocenters. The Hall–Kier alpha value is -2.15. The van der Waals surface area contributed by atoms with Crippen LogP contribution in [0.3, 0.4) is 0 Å². The fourth-order valence-corrected chi connectivity index (χ4v) is 4.25. The van der Waals surface area contributed by atoms with Gasteiger partial charge in [-0.15, -0.1) is 0 Å². The molecule has 3 aromatic rings. The number of fused-ring (bicyclic) bond motifs is 1. The summed E-state index contributed by atoms with van der Waals surface area (Å²) in [5, 5.41) is 1.13. The number of halogens is 1. The van der Waals surface area contributed by atoms with Gasteiger partial charge in [0.2, 0.25) is 10.0 Å². The summed E-state index contributed by atoms with van der Waals surface area (Å²) in [5.74, 6) is 0.0319.